The molecule has 0 radical (unpaired) electrons. The molecule has 0 unspecified atom stereocenters. The Morgan fingerprint density at radius 3 is 2.50 bits per heavy atom. The normalized spacial score (nSPS) is 14.9. The largest absolute Gasteiger partial charge is 0.433 e. The Balaban J connectivity index is 1.59. The predicted octanol–water partition coefficient (Wildman–Crippen LogP) is 5.12. The Morgan fingerprint density at radius 1 is 0.969 bits per heavy atom. The molecular formula is C24H21F3N4O. The molecule has 1 amide bonds. The Kier molecular flexibility index (Phi) is 5.07. The summed E-state index contributed by atoms with van der Waals surface area (Å²) in [5.41, 5.74) is 0.277. The van der Waals surface area contributed by atoms with Crippen LogP contribution in [0.15, 0.2) is 54.6 Å². The van der Waals surface area contributed by atoms with E-state index in [1.165, 1.54) is 6.07 Å². The first-order valence-electron chi connectivity index (χ1n) is 10.6. The fraction of sp³-hybridized carbons (Fsp3) is 0.292. The number of amides is 1. The molecule has 164 valence electrons. The monoisotopic (exact) mass is 438 g/mol. The van der Waals surface area contributed by atoms with E-state index in [-0.39, 0.29) is 29.4 Å². The van der Waals surface area contributed by atoms with Gasteiger partial charge in [-0.1, -0.05) is 42.5 Å². The van der Waals surface area contributed by atoms with Crippen LogP contribution in [-0.4, -0.2) is 38.5 Å². The van der Waals surface area contributed by atoms with Crippen molar-refractivity contribution in [2.75, 3.05) is 13.1 Å². The van der Waals surface area contributed by atoms with Crippen LogP contribution < -0.4 is 0 Å². The molecule has 4 aromatic rings. The van der Waals surface area contributed by atoms with E-state index in [0.717, 1.165) is 40.6 Å². The fourth-order valence-electron chi connectivity index (χ4n) is 4.31. The van der Waals surface area contributed by atoms with Crippen LogP contribution in [0, 0.1) is 0 Å². The van der Waals surface area contributed by atoms with Crippen molar-refractivity contribution in [1.82, 2.24) is 19.5 Å². The average Bonchev–Trinajstić information content (AvgIpc) is 3.20. The minimum Gasteiger partial charge on any atom is -0.342 e. The highest BCUT2D eigenvalue weighted by molar-refractivity contribution is 5.96. The van der Waals surface area contributed by atoms with E-state index in [0.29, 0.717) is 18.7 Å². The highest BCUT2D eigenvalue weighted by Gasteiger charge is 2.35. The maximum absolute atomic E-state index is 13.9. The van der Waals surface area contributed by atoms with Gasteiger partial charge in [0.2, 0.25) is 5.91 Å². The van der Waals surface area contributed by atoms with Crippen LogP contribution in [0.25, 0.3) is 27.7 Å². The predicted molar refractivity (Wildman–Crippen MR) is 115 cm³/mol. The number of likely N-dealkylation sites (tertiary alicyclic amines) is 1. The van der Waals surface area contributed by atoms with Gasteiger partial charge in [-0.2, -0.15) is 18.3 Å². The van der Waals surface area contributed by atoms with Crippen LogP contribution in [0.1, 0.15) is 30.7 Å². The van der Waals surface area contributed by atoms with Gasteiger partial charge in [-0.15, -0.1) is 0 Å². The van der Waals surface area contributed by atoms with E-state index in [9.17, 15) is 18.0 Å². The van der Waals surface area contributed by atoms with Gasteiger partial charge in [0.15, 0.2) is 11.3 Å². The number of hydrogen-bond acceptors (Lipinski definition) is 3. The smallest absolute Gasteiger partial charge is 0.342 e. The SMILES string of the molecule is O=C(Cc1cc2nc(-c3cccc4ccccc34)cc(C(F)(F)F)n2n1)N1CCCCC1. The molecule has 2 aromatic carbocycles. The fourth-order valence-corrected chi connectivity index (χ4v) is 4.31. The summed E-state index contributed by atoms with van der Waals surface area (Å²) in [7, 11) is 0. The number of fused-ring (bicyclic) bond motifs is 2. The summed E-state index contributed by atoms with van der Waals surface area (Å²) in [4.78, 5) is 18.8. The second kappa shape index (κ2) is 7.93. The summed E-state index contributed by atoms with van der Waals surface area (Å²) in [6, 6.07) is 15.5. The van der Waals surface area contributed by atoms with Gasteiger partial charge in [-0.05, 0) is 36.1 Å². The number of carbonyl (C=O) groups excluding carboxylic acids is 1. The third-order valence-electron chi connectivity index (χ3n) is 5.87. The van der Waals surface area contributed by atoms with Gasteiger partial charge in [0.05, 0.1) is 17.8 Å². The van der Waals surface area contributed by atoms with Crippen LogP contribution in [0.5, 0.6) is 0 Å². The second-order valence-electron chi connectivity index (χ2n) is 8.07. The van der Waals surface area contributed by atoms with Crippen molar-refractivity contribution in [2.24, 2.45) is 0 Å². The van der Waals surface area contributed by atoms with Gasteiger partial charge >= 0.3 is 6.18 Å². The number of alkyl halides is 3. The lowest BCUT2D eigenvalue weighted by molar-refractivity contribution is -0.142. The lowest BCUT2D eigenvalue weighted by Gasteiger charge is -2.26. The molecule has 3 heterocycles. The van der Waals surface area contributed by atoms with Gasteiger partial charge < -0.3 is 4.90 Å². The number of hydrogen-bond donors (Lipinski definition) is 0. The molecule has 5 nitrogen and oxygen atoms in total. The van der Waals surface area contributed by atoms with Crippen LogP contribution in [-0.2, 0) is 17.4 Å². The first-order valence-corrected chi connectivity index (χ1v) is 10.6. The van der Waals surface area contributed by atoms with Gasteiger partial charge in [0, 0.05) is 24.7 Å². The molecular weight excluding hydrogens is 417 g/mol. The minimum absolute atomic E-state index is 0.0374. The number of halogens is 3. The number of aromatic nitrogens is 3. The molecule has 1 aliphatic heterocycles. The third-order valence-corrected chi connectivity index (χ3v) is 5.87. The molecule has 2 aromatic heterocycles. The molecule has 0 atom stereocenters. The molecule has 32 heavy (non-hydrogen) atoms. The van der Waals surface area contributed by atoms with E-state index in [1.807, 2.05) is 30.3 Å². The molecule has 1 saturated heterocycles. The Bertz CT molecular complexity index is 1300. The number of piperidine rings is 1. The summed E-state index contributed by atoms with van der Waals surface area (Å²) in [5.74, 6) is -0.115. The zero-order valence-corrected chi connectivity index (χ0v) is 17.3. The maximum Gasteiger partial charge on any atom is 0.433 e. The Hall–Kier alpha value is -3.42. The van der Waals surface area contributed by atoms with Gasteiger partial charge in [-0.3, -0.25) is 4.79 Å². The molecule has 0 N–H and O–H groups in total. The summed E-state index contributed by atoms with van der Waals surface area (Å²) in [5, 5.41) is 5.84. The number of carbonyl (C=O) groups is 1. The van der Waals surface area contributed by atoms with E-state index < -0.39 is 11.9 Å². The topological polar surface area (TPSA) is 50.5 Å². The summed E-state index contributed by atoms with van der Waals surface area (Å²) in [6.45, 7) is 1.37. The van der Waals surface area contributed by atoms with E-state index >= 15 is 0 Å². The lowest BCUT2D eigenvalue weighted by Crippen LogP contribution is -2.36. The maximum atomic E-state index is 13.9. The van der Waals surface area contributed by atoms with E-state index in [2.05, 4.69) is 10.1 Å². The zero-order valence-electron chi connectivity index (χ0n) is 17.3. The van der Waals surface area contributed by atoms with Gasteiger partial charge in [0.25, 0.3) is 0 Å². The second-order valence-corrected chi connectivity index (χ2v) is 8.07. The van der Waals surface area contributed by atoms with Crippen molar-refractivity contribution in [3.63, 3.8) is 0 Å². The average molecular weight is 438 g/mol. The quantitative estimate of drug-likeness (QED) is 0.446. The summed E-state index contributed by atoms with van der Waals surface area (Å²) >= 11 is 0. The molecule has 0 spiro atoms. The van der Waals surface area contributed by atoms with Crippen molar-refractivity contribution >= 4 is 22.3 Å². The van der Waals surface area contributed by atoms with Crippen LogP contribution in [0.3, 0.4) is 0 Å². The van der Waals surface area contributed by atoms with Crippen LogP contribution in [0.4, 0.5) is 13.2 Å². The van der Waals surface area contributed by atoms with Crippen molar-refractivity contribution < 1.29 is 18.0 Å². The molecule has 1 fully saturated rings. The van der Waals surface area contributed by atoms with E-state index in [1.54, 1.807) is 17.0 Å². The van der Waals surface area contributed by atoms with E-state index in [4.69, 9.17) is 0 Å². The number of rotatable bonds is 3. The Labute approximate surface area is 182 Å². The number of nitrogens with zero attached hydrogens (tertiary/aromatic N) is 4. The van der Waals surface area contributed by atoms with Gasteiger partial charge in [0.1, 0.15) is 0 Å². The van der Waals surface area contributed by atoms with Crippen LogP contribution >= 0.6 is 0 Å². The molecule has 0 bridgehead atoms. The highest BCUT2D eigenvalue weighted by Crippen LogP contribution is 2.34. The van der Waals surface area contributed by atoms with Crippen LogP contribution in [0.2, 0.25) is 0 Å². The summed E-state index contributed by atoms with van der Waals surface area (Å²) in [6.07, 6.45) is -1.67. The molecule has 8 heteroatoms. The molecule has 5 rings (SSSR count). The third kappa shape index (κ3) is 3.81. The zero-order chi connectivity index (χ0) is 22.3. The molecule has 1 aliphatic rings. The Morgan fingerprint density at radius 2 is 1.72 bits per heavy atom. The van der Waals surface area contributed by atoms with Crippen molar-refractivity contribution in [3.05, 3.63) is 66.0 Å². The lowest BCUT2D eigenvalue weighted by atomic mass is 10.0. The van der Waals surface area contributed by atoms with Crippen molar-refractivity contribution in [1.29, 1.82) is 0 Å². The first kappa shape index (κ1) is 20.5. The van der Waals surface area contributed by atoms with Crippen molar-refractivity contribution in [2.45, 2.75) is 31.9 Å². The molecule has 0 aliphatic carbocycles. The van der Waals surface area contributed by atoms with Crippen molar-refractivity contribution in [3.8, 4) is 11.3 Å². The standard InChI is InChI=1S/C24H21F3N4O/c25-24(26,27)21-15-20(19-10-6-8-16-7-2-3-9-18(16)19)28-22-13-17(29-31(21)22)14-23(32)30-11-4-1-5-12-30/h2-3,6-10,13,15H,1,4-5,11-12,14H2. The summed E-state index contributed by atoms with van der Waals surface area (Å²) < 4.78 is 42.6. The minimum atomic E-state index is -4.62. The highest BCUT2D eigenvalue weighted by atomic mass is 19.4. The molecule has 0 saturated carbocycles. The van der Waals surface area contributed by atoms with Gasteiger partial charge in [-0.25, -0.2) is 9.50 Å². The number of benzene rings is 2. The first-order chi connectivity index (χ1) is 15.4.